The van der Waals surface area contributed by atoms with Crippen LogP contribution in [0.1, 0.15) is 45.9 Å². The van der Waals surface area contributed by atoms with E-state index in [-0.39, 0.29) is 11.6 Å². The fraction of sp³-hybridized carbons (Fsp3) is 0.692. The Morgan fingerprint density at radius 1 is 1.44 bits per heavy atom. The van der Waals surface area contributed by atoms with Crippen LogP contribution in [0, 0.1) is 0 Å². The Bertz CT molecular complexity index is 284. The molecule has 0 fully saturated rings. The Labute approximate surface area is 98.2 Å². The van der Waals surface area contributed by atoms with Gasteiger partial charge in [0.05, 0.1) is 17.9 Å². The third kappa shape index (κ3) is 2.86. The zero-order chi connectivity index (χ0) is 12.0. The number of rotatable bonds is 7. The van der Waals surface area contributed by atoms with Crippen molar-refractivity contribution in [2.45, 2.75) is 45.8 Å². The summed E-state index contributed by atoms with van der Waals surface area (Å²) in [6, 6.07) is 4.03. The third-order valence-corrected chi connectivity index (χ3v) is 3.02. The number of likely N-dealkylation sites (N-methyl/N-ethyl adjacent to an activating group) is 1. The van der Waals surface area contributed by atoms with E-state index in [2.05, 4.69) is 26.1 Å². The van der Waals surface area contributed by atoms with E-state index in [0.29, 0.717) is 6.61 Å². The molecule has 3 heteroatoms. The van der Waals surface area contributed by atoms with E-state index in [1.807, 2.05) is 19.1 Å². The van der Waals surface area contributed by atoms with Crippen LogP contribution in [-0.2, 0) is 4.74 Å². The molecule has 0 saturated carbocycles. The molecule has 0 bridgehead atoms. The van der Waals surface area contributed by atoms with Crippen LogP contribution in [-0.4, -0.2) is 18.8 Å². The lowest BCUT2D eigenvalue weighted by molar-refractivity contribution is -0.0605. The van der Waals surface area contributed by atoms with Crippen molar-refractivity contribution in [3.05, 3.63) is 24.2 Å². The predicted octanol–water partition coefficient (Wildman–Crippen LogP) is 3.14. The van der Waals surface area contributed by atoms with Gasteiger partial charge in [0.15, 0.2) is 0 Å². The quantitative estimate of drug-likeness (QED) is 0.774. The predicted molar refractivity (Wildman–Crippen MR) is 65.4 cm³/mol. The highest BCUT2D eigenvalue weighted by Gasteiger charge is 2.35. The number of ether oxygens (including phenoxy) is 1. The SMILES string of the molecule is CCNC(c1ccco1)C(C)(CC)OCC. The van der Waals surface area contributed by atoms with Crippen LogP contribution in [0.25, 0.3) is 0 Å². The molecule has 0 aliphatic carbocycles. The molecule has 2 unspecified atom stereocenters. The summed E-state index contributed by atoms with van der Waals surface area (Å²) in [5.41, 5.74) is -0.220. The largest absolute Gasteiger partial charge is 0.468 e. The van der Waals surface area contributed by atoms with Gasteiger partial charge in [-0.2, -0.15) is 0 Å². The molecule has 0 radical (unpaired) electrons. The Kier molecular flexibility index (Phi) is 5.03. The average molecular weight is 225 g/mol. The zero-order valence-electron chi connectivity index (χ0n) is 10.7. The number of nitrogens with one attached hydrogen (secondary N) is 1. The van der Waals surface area contributed by atoms with Crippen LogP contribution in [0.4, 0.5) is 0 Å². The highest BCUT2D eigenvalue weighted by molar-refractivity contribution is 5.10. The van der Waals surface area contributed by atoms with Crippen molar-refractivity contribution >= 4 is 0 Å². The van der Waals surface area contributed by atoms with Crippen LogP contribution < -0.4 is 5.32 Å². The van der Waals surface area contributed by atoms with Crippen molar-refractivity contribution < 1.29 is 9.15 Å². The molecular weight excluding hydrogens is 202 g/mol. The summed E-state index contributed by atoms with van der Waals surface area (Å²) in [6.07, 6.45) is 2.65. The molecule has 3 nitrogen and oxygen atoms in total. The molecule has 1 heterocycles. The molecule has 0 aromatic carbocycles. The van der Waals surface area contributed by atoms with Gasteiger partial charge in [-0.3, -0.25) is 0 Å². The second kappa shape index (κ2) is 6.06. The standard InChI is InChI=1S/C13H23NO2/c1-5-13(4,16-7-3)12(14-6-2)11-9-8-10-15-11/h8-10,12,14H,5-7H2,1-4H3. The minimum Gasteiger partial charge on any atom is -0.468 e. The fourth-order valence-corrected chi connectivity index (χ4v) is 2.00. The summed E-state index contributed by atoms with van der Waals surface area (Å²) in [5.74, 6) is 0.944. The molecule has 0 saturated heterocycles. The van der Waals surface area contributed by atoms with Gasteiger partial charge < -0.3 is 14.5 Å². The maximum absolute atomic E-state index is 5.89. The highest BCUT2D eigenvalue weighted by atomic mass is 16.5. The van der Waals surface area contributed by atoms with Crippen LogP contribution >= 0.6 is 0 Å². The van der Waals surface area contributed by atoms with Crippen molar-refractivity contribution in [2.75, 3.05) is 13.2 Å². The molecule has 0 aliphatic rings. The van der Waals surface area contributed by atoms with Gasteiger partial charge in [-0.15, -0.1) is 0 Å². The maximum Gasteiger partial charge on any atom is 0.123 e. The van der Waals surface area contributed by atoms with Gasteiger partial charge in [0, 0.05) is 6.61 Å². The lowest BCUT2D eigenvalue weighted by atomic mass is 9.91. The second-order valence-corrected chi connectivity index (χ2v) is 4.11. The molecular formula is C13H23NO2. The highest BCUT2D eigenvalue weighted by Crippen LogP contribution is 2.32. The van der Waals surface area contributed by atoms with Crippen LogP contribution in [0.2, 0.25) is 0 Å². The smallest absolute Gasteiger partial charge is 0.123 e. The molecule has 0 spiro atoms. The molecule has 1 N–H and O–H groups in total. The summed E-state index contributed by atoms with van der Waals surface area (Å²) in [5, 5.41) is 3.44. The minimum atomic E-state index is -0.220. The van der Waals surface area contributed by atoms with Gasteiger partial charge in [-0.05, 0) is 38.9 Å². The Balaban J connectivity index is 2.90. The molecule has 1 aromatic rings. The van der Waals surface area contributed by atoms with E-state index in [1.165, 1.54) is 0 Å². The molecule has 0 aliphatic heterocycles. The van der Waals surface area contributed by atoms with Crippen molar-refractivity contribution in [1.29, 1.82) is 0 Å². The topological polar surface area (TPSA) is 34.4 Å². The molecule has 2 atom stereocenters. The molecule has 92 valence electrons. The minimum absolute atomic E-state index is 0.109. The first-order chi connectivity index (χ1) is 7.68. The van der Waals surface area contributed by atoms with Gasteiger partial charge in [-0.1, -0.05) is 13.8 Å². The monoisotopic (exact) mass is 225 g/mol. The zero-order valence-corrected chi connectivity index (χ0v) is 10.7. The molecule has 16 heavy (non-hydrogen) atoms. The summed E-state index contributed by atoms with van der Waals surface area (Å²) >= 11 is 0. The summed E-state index contributed by atoms with van der Waals surface area (Å²) in [7, 11) is 0. The van der Waals surface area contributed by atoms with Crippen LogP contribution in [0.3, 0.4) is 0 Å². The molecule has 0 amide bonds. The second-order valence-electron chi connectivity index (χ2n) is 4.11. The van der Waals surface area contributed by atoms with Crippen molar-refractivity contribution in [3.63, 3.8) is 0 Å². The van der Waals surface area contributed by atoms with E-state index < -0.39 is 0 Å². The van der Waals surface area contributed by atoms with Crippen LogP contribution in [0.5, 0.6) is 0 Å². The van der Waals surface area contributed by atoms with E-state index in [0.717, 1.165) is 18.7 Å². The van der Waals surface area contributed by atoms with Crippen molar-refractivity contribution in [1.82, 2.24) is 5.32 Å². The van der Waals surface area contributed by atoms with Crippen molar-refractivity contribution in [2.24, 2.45) is 0 Å². The third-order valence-electron chi connectivity index (χ3n) is 3.02. The van der Waals surface area contributed by atoms with E-state index in [9.17, 15) is 0 Å². The maximum atomic E-state index is 5.89. The summed E-state index contributed by atoms with van der Waals surface area (Å²) in [4.78, 5) is 0. The van der Waals surface area contributed by atoms with Gasteiger partial charge in [0.1, 0.15) is 5.76 Å². The Morgan fingerprint density at radius 3 is 2.62 bits per heavy atom. The normalized spacial score (nSPS) is 17.0. The lowest BCUT2D eigenvalue weighted by Crippen LogP contribution is -2.43. The first-order valence-electron chi connectivity index (χ1n) is 6.08. The van der Waals surface area contributed by atoms with Gasteiger partial charge in [-0.25, -0.2) is 0 Å². The summed E-state index contributed by atoms with van der Waals surface area (Å²) < 4.78 is 11.4. The number of hydrogen-bond donors (Lipinski definition) is 1. The number of hydrogen-bond acceptors (Lipinski definition) is 3. The average Bonchev–Trinajstić information content (AvgIpc) is 2.79. The van der Waals surface area contributed by atoms with Gasteiger partial charge >= 0.3 is 0 Å². The van der Waals surface area contributed by atoms with Crippen LogP contribution in [0.15, 0.2) is 22.8 Å². The van der Waals surface area contributed by atoms with Gasteiger partial charge in [0.2, 0.25) is 0 Å². The Hall–Kier alpha value is -0.800. The van der Waals surface area contributed by atoms with E-state index in [1.54, 1.807) is 6.26 Å². The summed E-state index contributed by atoms with van der Waals surface area (Å²) in [6.45, 7) is 10.0. The van der Waals surface area contributed by atoms with Gasteiger partial charge in [0.25, 0.3) is 0 Å². The number of furan rings is 1. The fourth-order valence-electron chi connectivity index (χ4n) is 2.00. The van der Waals surface area contributed by atoms with Crippen molar-refractivity contribution in [3.8, 4) is 0 Å². The first kappa shape index (κ1) is 13.3. The molecule has 1 rings (SSSR count). The molecule has 1 aromatic heterocycles. The van der Waals surface area contributed by atoms with E-state index >= 15 is 0 Å². The van der Waals surface area contributed by atoms with E-state index in [4.69, 9.17) is 9.15 Å². The lowest BCUT2D eigenvalue weighted by Gasteiger charge is -2.36. The Morgan fingerprint density at radius 2 is 2.19 bits per heavy atom. The first-order valence-corrected chi connectivity index (χ1v) is 6.08.